The van der Waals surface area contributed by atoms with E-state index in [1.165, 1.54) is 0 Å². The lowest BCUT2D eigenvalue weighted by Gasteiger charge is -2.34. The molecule has 1 fully saturated rings. The summed E-state index contributed by atoms with van der Waals surface area (Å²) in [5, 5.41) is 0. The molecule has 1 aliphatic rings. The van der Waals surface area contributed by atoms with Crippen molar-refractivity contribution in [3.8, 4) is 0 Å². The molecule has 2 N–H and O–H groups in total. The number of anilines is 1. The zero-order valence-electron chi connectivity index (χ0n) is 11.8. The van der Waals surface area contributed by atoms with Gasteiger partial charge >= 0.3 is 0 Å². The smallest absolute Gasteiger partial charge is 0.223 e. The van der Waals surface area contributed by atoms with Gasteiger partial charge < -0.3 is 15.5 Å². The van der Waals surface area contributed by atoms with E-state index in [4.69, 9.17) is 5.73 Å². The molecule has 2 rings (SSSR count). The summed E-state index contributed by atoms with van der Waals surface area (Å²) in [6.07, 6.45) is 1.23. The maximum absolute atomic E-state index is 12.1. The maximum Gasteiger partial charge on any atom is 0.223 e. The van der Waals surface area contributed by atoms with E-state index in [2.05, 4.69) is 0 Å². The molecule has 1 aromatic carbocycles. The Morgan fingerprint density at radius 2 is 1.60 bits per heavy atom. The number of nitrogens with two attached hydrogens (primary N) is 1. The molecular formula is C15H21N3O2. The molecule has 0 saturated carbocycles. The predicted molar refractivity (Wildman–Crippen MR) is 78.0 cm³/mol. The summed E-state index contributed by atoms with van der Waals surface area (Å²) in [7, 11) is 0. The predicted octanol–water partition coefficient (Wildman–Crippen LogP) is 0.892. The van der Waals surface area contributed by atoms with Gasteiger partial charge in [-0.05, 0) is 24.1 Å². The summed E-state index contributed by atoms with van der Waals surface area (Å²) in [5.41, 5.74) is 7.49. The Labute approximate surface area is 119 Å². The molecule has 5 heteroatoms. The lowest BCUT2D eigenvalue weighted by atomic mass is 10.1. The highest BCUT2D eigenvalue weighted by atomic mass is 16.2. The Morgan fingerprint density at radius 3 is 2.15 bits per heavy atom. The summed E-state index contributed by atoms with van der Waals surface area (Å²) < 4.78 is 0. The first kappa shape index (κ1) is 14.4. The standard InChI is InChI=1S/C15H21N3O2/c1-12(19)17-8-10-18(11-9-17)15(20)7-4-13-2-5-14(16)6-3-13/h2-3,5-6H,4,7-11,16H2,1H3. The van der Waals surface area contributed by atoms with Gasteiger partial charge in [-0.15, -0.1) is 0 Å². The van der Waals surface area contributed by atoms with Crippen LogP contribution in [0, 0.1) is 0 Å². The molecule has 0 spiro atoms. The summed E-state index contributed by atoms with van der Waals surface area (Å²) in [6, 6.07) is 7.61. The van der Waals surface area contributed by atoms with Crippen LogP contribution >= 0.6 is 0 Å². The van der Waals surface area contributed by atoms with Gasteiger partial charge in [0.1, 0.15) is 0 Å². The van der Waals surface area contributed by atoms with Crippen LogP contribution in [0.3, 0.4) is 0 Å². The Bertz CT molecular complexity index is 476. The van der Waals surface area contributed by atoms with E-state index in [1.807, 2.05) is 29.2 Å². The fourth-order valence-corrected chi connectivity index (χ4v) is 2.36. The van der Waals surface area contributed by atoms with Crippen molar-refractivity contribution in [2.24, 2.45) is 0 Å². The number of nitrogen functional groups attached to an aromatic ring is 1. The summed E-state index contributed by atoms with van der Waals surface area (Å²) in [6.45, 7) is 4.13. The number of benzene rings is 1. The summed E-state index contributed by atoms with van der Waals surface area (Å²) >= 11 is 0. The molecule has 1 aliphatic heterocycles. The monoisotopic (exact) mass is 275 g/mol. The van der Waals surface area contributed by atoms with Crippen molar-refractivity contribution in [3.05, 3.63) is 29.8 Å². The number of aryl methyl sites for hydroxylation is 1. The van der Waals surface area contributed by atoms with E-state index in [0.717, 1.165) is 17.7 Å². The highest BCUT2D eigenvalue weighted by Crippen LogP contribution is 2.10. The average Bonchev–Trinajstić information content (AvgIpc) is 2.46. The third kappa shape index (κ3) is 3.73. The number of amides is 2. The average molecular weight is 275 g/mol. The van der Waals surface area contributed by atoms with Crippen molar-refractivity contribution in [1.29, 1.82) is 0 Å². The SMILES string of the molecule is CC(=O)N1CCN(C(=O)CCc2ccc(N)cc2)CC1. The molecule has 1 aromatic rings. The second-order valence-corrected chi connectivity index (χ2v) is 5.13. The van der Waals surface area contributed by atoms with Crippen molar-refractivity contribution in [1.82, 2.24) is 9.80 Å². The Kier molecular flexibility index (Phi) is 4.61. The summed E-state index contributed by atoms with van der Waals surface area (Å²) in [5.74, 6) is 0.240. The Morgan fingerprint density at radius 1 is 1.05 bits per heavy atom. The van der Waals surface area contributed by atoms with Gasteiger partial charge in [-0.3, -0.25) is 9.59 Å². The number of piperazine rings is 1. The molecule has 1 heterocycles. The van der Waals surface area contributed by atoms with Crippen LogP contribution < -0.4 is 5.73 Å². The minimum absolute atomic E-state index is 0.0824. The first-order valence-corrected chi connectivity index (χ1v) is 6.94. The van der Waals surface area contributed by atoms with Gasteiger partial charge in [-0.2, -0.15) is 0 Å². The maximum atomic E-state index is 12.1. The van der Waals surface area contributed by atoms with Crippen molar-refractivity contribution in [2.45, 2.75) is 19.8 Å². The van der Waals surface area contributed by atoms with Gasteiger partial charge in [-0.25, -0.2) is 0 Å². The molecule has 5 nitrogen and oxygen atoms in total. The van der Waals surface area contributed by atoms with Gasteiger partial charge in [0.15, 0.2) is 0 Å². The molecule has 0 aromatic heterocycles. The zero-order chi connectivity index (χ0) is 14.5. The van der Waals surface area contributed by atoms with Crippen LogP contribution in [0.25, 0.3) is 0 Å². The van der Waals surface area contributed by atoms with E-state index >= 15 is 0 Å². The first-order valence-electron chi connectivity index (χ1n) is 6.94. The second kappa shape index (κ2) is 6.41. The van der Waals surface area contributed by atoms with Crippen LogP contribution in [0.4, 0.5) is 5.69 Å². The molecular weight excluding hydrogens is 254 g/mol. The Hall–Kier alpha value is -2.04. The lowest BCUT2D eigenvalue weighted by molar-refractivity contribution is -0.138. The van der Waals surface area contributed by atoms with Crippen LogP contribution in [-0.4, -0.2) is 47.8 Å². The van der Waals surface area contributed by atoms with Crippen molar-refractivity contribution in [3.63, 3.8) is 0 Å². The molecule has 0 unspecified atom stereocenters. The fourth-order valence-electron chi connectivity index (χ4n) is 2.36. The minimum Gasteiger partial charge on any atom is -0.399 e. The quantitative estimate of drug-likeness (QED) is 0.833. The number of hydrogen-bond donors (Lipinski definition) is 1. The zero-order valence-corrected chi connectivity index (χ0v) is 11.8. The van der Waals surface area contributed by atoms with Gasteiger partial charge in [0.2, 0.25) is 11.8 Å². The van der Waals surface area contributed by atoms with E-state index in [-0.39, 0.29) is 11.8 Å². The van der Waals surface area contributed by atoms with Crippen LogP contribution in [0.15, 0.2) is 24.3 Å². The van der Waals surface area contributed by atoms with Crippen molar-refractivity contribution < 1.29 is 9.59 Å². The molecule has 2 amide bonds. The molecule has 1 saturated heterocycles. The number of carbonyl (C=O) groups excluding carboxylic acids is 2. The largest absolute Gasteiger partial charge is 0.399 e. The fraction of sp³-hybridized carbons (Fsp3) is 0.467. The summed E-state index contributed by atoms with van der Waals surface area (Å²) in [4.78, 5) is 27.0. The molecule has 20 heavy (non-hydrogen) atoms. The van der Waals surface area contributed by atoms with Gasteiger partial charge in [0.05, 0.1) is 0 Å². The van der Waals surface area contributed by atoms with Crippen LogP contribution in [0.2, 0.25) is 0 Å². The third-order valence-corrected chi connectivity index (χ3v) is 3.68. The number of carbonyl (C=O) groups is 2. The second-order valence-electron chi connectivity index (χ2n) is 5.13. The van der Waals surface area contributed by atoms with E-state index in [1.54, 1.807) is 11.8 Å². The van der Waals surface area contributed by atoms with Gasteiger partial charge in [0, 0.05) is 45.2 Å². The van der Waals surface area contributed by atoms with Crippen LogP contribution in [-0.2, 0) is 16.0 Å². The number of hydrogen-bond acceptors (Lipinski definition) is 3. The molecule has 0 aliphatic carbocycles. The highest BCUT2D eigenvalue weighted by molar-refractivity contribution is 5.77. The van der Waals surface area contributed by atoms with Crippen molar-refractivity contribution >= 4 is 17.5 Å². The lowest BCUT2D eigenvalue weighted by Crippen LogP contribution is -2.50. The molecule has 0 atom stereocenters. The van der Waals surface area contributed by atoms with Gasteiger partial charge in [0.25, 0.3) is 0 Å². The van der Waals surface area contributed by atoms with E-state index < -0.39 is 0 Å². The topological polar surface area (TPSA) is 66.6 Å². The Balaban J connectivity index is 1.78. The van der Waals surface area contributed by atoms with E-state index in [0.29, 0.717) is 32.6 Å². The van der Waals surface area contributed by atoms with Gasteiger partial charge in [-0.1, -0.05) is 12.1 Å². The minimum atomic E-state index is 0.0824. The first-order chi connectivity index (χ1) is 9.56. The number of rotatable bonds is 3. The van der Waals surface area contributed by atoms with E-state index in [9.17, 15) is 9.59 Å². The molecule has 0 radical (unpaired) electrons. The highest BCUT2D eigenvalue weighted by Gasteiger charge is 2.21. The molecule has 108 valence electrons. The van der Waals surface area contributed by atoms with Crippen LogP contribution in [0.1, 0.15) is 18.9 Å². The number of nitrogens with zero attached hydrogens (tertiary/aromatic N) is 2. The van der Waals surface area contributed by atoms with Crippen molar-refractivity contribution in [2.75, 3.05) is 31.9 Å². The third-order valence-electron chi connectivity index (χ3n) is 3.68. The normalized spacial score (nSPS) is 15.2. The van der Waals surface area contributed by atoms with Crippen LogP contribution in [0.5, 0.6) is 0 Å². The molecule has 0 bridgehead atoms.